The molecule has 0 saturated carbocycles. The summed E-state index contributed by atoms with van der Waals surface area (Å²) in [5, 5.41) is 2.79. The van der Waals surface area contributed by atoms with Gasteiger partial charge in [0.1, 0.15) is 0 Å². The molecule has 1 aliphatic rings. The molecule has 8 heteroatoms. The molecule has 1 heterocycles. The fourth-order valence-corrected chi connectivity index (χ4v) is 3.09. The molecule has 152 valence electrons. The van der Waals surface area contributed by atoms with Crippen LogP contribution in [-0.4, -0.2) is 50.1 Å². The Kier molecular flexibility index (Phi) is 9.38. The van der Waals surface area contributed by atoms with Gasteiger partial charge in [0, 0.05) is 19.2 Å². The normalized spacial score (nSPS) is 14.7. The molecule has 1 unspecified atom stereocenters. The number of methoxy groups -OCH3 is 2. The molecular formula is C19H30ClN3O4. The Hall–Kier alpha value is -1.99. The molecule has 1 aromatic rings. The lowest BCUT2D eigenvalue weighted by Gasteiger charge is -2.28. The largest absolute Gasteiger partial charge is 0.493 e. The number of amides is 2. The number of rotatable bonds is 7. The Balaban J connectivity index is 0.00000364. The van der Waals surface area contributed by atoms with Crippen LogP contribution in [0.25, 0.3) is 0 Å². The summed E-state index contributed by atoms with van der Waals surface area (Å²) in [7, 11) is 3.03. The first-order valence-corrected chi connectivity index (χ1v) is 9.13. The smallest absolute Gasteiger partial charge is 0.256 e. The van der Waals surface area contributed by atoms with Gasteiger partial charge in [-0.15, -0.1) is 12.4 Å². The molecular weight excluding hydrogens is 370 g/mol. The van der Waals surface area contributed by atoms with E-state index in [0.717, 1.165) is 38.8 Å². The standard InChI is InChI=1S/C19H29N3O4.ClH/c1-4-8-14(20)18(23)21-15-12-17(26-3)16(25-2)11-13(15)19(24)22-9-6-5-7-10-22;/h11-12,14H,4-10,20H2,1-3H3,(H,21,23);1H. The second-order valence-electron chi connectivity index (χ2n) is 6.49. The molecule has 1 saturated heterocycles. The zero-order valence-electron chi connectivity index (χ0n) is 16.2. The SMILES string of the molecule is CCCC(N)C(=O)Nc1cc(OC)c(OC)cc1C(=O)N1CCCCC1.Cl. The molecule has 2 amide bonds. The average Bonchev–Trinajstić information content (AvgIpc) is 2.67. The molecule has 1 fully saturated rings. The van der Waals surface area contributed by atoms with Gasteiger partial charge in [-0.3, -0.25) is 9.59 Å². The van der Waals surface area contributed by atoms with Gasteiger partial charge in [-0.2, -0.15) is 0 Å². The summed E-state index contributed by atoms with van der Waals surface area (Å²) in [6.45, 7) is 3.40. The quantitative estimate of drug-likeness (QED) is 0.735. The third-order valence-electron chi connectivity index (χ3n) is 4.59. The van der Waals surface area contributed by atoms with Gasteiger partial charge in [0.15, 0.2) is 11.5 Å². The highest BCUT2D eigenvalue weighted by Gasteiger charge is 2.25. The minimum atomic E-state index is -0.619. The van der Waals surface area contributed by atoms with Crippen molar-refractivity contribution in [3.63, 3.8) is 0 Å². The van der Waals surface area contributed by atoms with E-state index in [1.807, 2.05) is 11.8 Å². The molecule has 1 atom stereocenters. The fourth-order valence-electron chi connectivity index (χ4n) is 3.09. The minimum absolute atomic E-state index is 0. The summed E-state index contributed by atoms with van der Waals surface area (Å²) in [5.74, 6) is 0.461. The number of halogens is 1. The first-order chi connectivity index (χ1) is 12.5. The Morgan fingerprint density at radius 2 is 1.74 bits per heavy atom. The molecule has 0 aliphatic carbocycles. The lowest BCUT2D eigenvalue weighted by atomic mass is 10.1. The van der Waals surface area contributed by atoms with Gasteiger partial charge in [0.25, 0.3) is 5.91 Å². The highest BCUT2D eigenvalue weighted by molar-refractivity contribution is 6.05. The number of nitrogens with one attached hydrogen (secondary N) is 1. The number of benzene rings is 1. The van der Waals surface area contributed by atoms with Crippen molar-refractivity contribution >= 4 is 29.9 Å². The van der Waals surface area contributed by atoms with Crippen molar-refractivity contribution in [3.8, 4) is 11.5 Å². The number of carbonyl (C=O) groups excluding carboxylic acids is 2. The van der Waals surface area contributed by atoms with E-state index in [9.17, 15) is 9.59 Å². The number of hydrogen-bond acceptors (Lipinski definition) is 5. The van der Waals surface area contributed by atoms with Gasteiger partial charge >= 0.3 is 0 Å². The first-order valence-electron chi connectivity index (χ1n) is 9.13. The molecule has 27 heavy (non-hydrogen) atoms. The molecule has 0 bridgehead atoms. The summed E-state index contributed by atoms with van der Waals surface area (Å²) in [6.07, 6.45) is 4.49. The zero-order valence-corrected chi connectivity index (χ0v) is 17.1. The summed E-state index contributed by atoms with van der Waals surface area (Å²) in [5.41, 5.74) is 6.70. The molecule has 3 N–H and O–H groups in total. The Bertz CT molecular complexity index is 648. The van der Waals surface area contributed by atoms with E-state index < -0.39 is 6.04 Å². The van der Waals surface area contributed by atoms with Gasteiger partial charge in [-0.1, -0.05) is 13.3 Å². The van der Waals surface area contributed by atoms with Crippen LogP contribution in [0, 0.1) is 0 Å². The van der Waals surface area contributed by atoms with Gasteiger partial charge < -0.3 is 25.4 Å². The number of piperidine rings is 1. The Morgan fingerprint density at radius 3 is 2.30 bits per heavy atom. The van der Waals surface area contributed by atoms with Crippen LogP contribution in [0.15, 0.2) is 12.1 Å². The number of nitrogens with zero attached hydrogens (tertiary/aromatic N) is 1. The second kappa shape index (κ2) is 11.0. The topological polar surface area (TPSA) is 93.9 Å². The van der Waals surface area contributed by atoms with E-state index >= 15 is 0 Å². The maximum Gasteiger partial charge on any atom is 0.256 e. The lowest BCUT2D eigenvalue weighted by Crippen LogP contribution is -2.38. The van der Waals surface area contributed by atoms with E-state index in [-0.39, 0.29) is 24.2 Å². The van der Waals surface area contributed by atoms with Crippen molar-refractivity contribution in [2.24, 2.45) is 5.73 Å². The third kappa shape index (κ3) is 5.74. The minimum Gasteiger partial charge on any atom is -0.493 e. The number of anilines is 1. The van der Waals surface area contributed by atoms with E-state index in [2.05, 4.69) is 5.32 Å². The van der Waals surface area contributed by atoms with Crippen LogP contribution in [0.2, 0.25) is 0 Å². The monoisotopic (exact) mass is 399 g/mol. The zero-order chi connectivity index (χ0) is 19.1. The van der Waals surface area contributed by atoms with E-state index in [1.165, 1.54) is 14.2 Å². The number of likely N-dealkylation sites (tertiary alicyclic amines) is 1. The number of carbonyl (C=O) groups is 2. The fraction of sp³-hybridized carbons (Fsp3) is 0.579. The Labute approximate surface area is 167 Å². The first kappa shape index (κ1) is 23.0. The third-order valence-corrected chi connectivity index (χ3v) is 4.59. The summed E-state index contributed by atoms with van der Waals surface area (Å²) in [6, 6.07) is 2.62. The van der Waals surface area contributed by atoms with Crippen LogP contribution in [-0.2, 0) is 4.79 Å². The predicted octanol–water partition coefficient (Wildman–Crippen LogP) is 2.82. The number of hydrogen-bond donors (Lipinski definition) is 2. The number of nitrogens with two attached hydrogens (primary N) is 1. The highest BCUT2D eigenvalue weighted by atomic mass is 35.5. The van der Waals surface area contributed by atoms with Gasteiger partial charge in [0.2, 0.25) is 5.91 Å². The van der Waals surface area contributed by atoms with Crippen molar-refractivity contribution in [1.29, 1.82) is 0 Å². The Morgan fingerprint density at radius 1 is 1.15 bits per heavy atom. The molecule has 1 aliphatic heterocycles. The van der Waals surface area contributed by atoms with Crippen molar-refractivity contribution < 1.29 is 19.1 Å². The molecule has 0 radical (unpaired) electrons. The van der Waals surface area contributed by atoms with E-state index in [4.69, 9.17) is 15.2 Å². The highest BCUT2D eigenvalue weighted by Crippen LogP contribution is 2.34. The van der Waals surface area contributed by atoms with Crippen LogP contribution in [0.1, 0.15) is 49.4 Å². The van der Waals surface area contributed by atoms with Crippen molar-refractivity contribution in [1.82, 2.24) is 4.90 Å². The molecule has 2 rings (SSSR count). The van der Waals surface area contributed by atoms with Crippen LogP contribution < -0.4 is 20.5 Å². The molecule has 0 aromatic heterocycles. The summed E-state index contributed by atoms with van der Waals surface area (Å²) in [4.78, 5) is 27.2. The van der Waals surface area contributed by atoms with Crippen molar-refractivity contribution in [3.05, 3.63) is 17.7 Å². The average molecular weight is 400 g/mol. The van der Waals surface area contributed by atoms with Crippen LogP contribution in [0.4, 0.5) is 5.69 Å². The van der Waals surface area contributed by atoms with Crippen LogP contribution >= 0.6 is 12.4 Å². The second-order valence-corrected chi connectivity index (χ2v) is 6.49. The maximum atomic E-state index is 13.0. The van der Waals surface area contributed by atoms with Crippen LogP contribution in [0.5, 0.6) is 11.5 Å². The van der Waals surface area contributed by atoms with Crippen molar-refractivity contribution in [2.45, 2.75) is 45.1 Å². The summed E-state index contributed by atoms with van der Waals surface area (Å²) < 4.78 is 10.6. The maximum absolute atomic E-state index is 13.0. The van der Waals surface area contributed by atoms with Gasteiger partial charge in [-0.05, 0) is 31.7 Å². The predicted molar refractivity (Wildman–Crippen MR) is 108 cm³/mol. The van der Waals surface area contributed by atoms with E-state index in [1.54, 1.807) is 12.1 Å². The lowest BCUT2D eigenvalue weighted by molar-refractivity contribution is -0.117. The number of ether oxygens (including phenoxy) is 2. The molecule has 1 aromatic carbocycles. The van der Waals surface area contributed by atoms with Gasteiger partial charge in [-0.25, -0.2) is 0 Å². The van der Waals surface area contributed by atoms with Crippen molar-refractivity contribution in [2.75, 3.05) is 32.6 Å². The van der Waals surface area contributed by atoms with Crippen LogP contribution in [0.3, 0.4) is 0 Å². The molecule has 7 nitrogen and oxygen atoms in total. The summed E-state index contributed by atoms with van der Waals surface area (Å²) >= 11 is 0. The van der Waals surface area contributed by atoms with Gasteiger partial charge in [0.05, 0.1) is 31.5 Å². The molecule has 0 spiro atoms. The van der Waals surface area contributed by atoms with E-state index in [0.29, 0.717) is 29.2 Å².